The van der Waals surface area contributed by atoms with E-state index in [4.69, 9.17) is 11.6 Å². The van der Waals surface area contributed by atoms with Gasteiger partial charge in [-0.1, -0.05) is 11.6 Å². The van der Waals surface area contributed by atoms with E-state index in [0.717, 1.165) is 0 Å². The lowest BCUT2D eigenvalue weighted by Crippen LogP contribution is -2.14. The molecule has 18 heavy (non-hydrogen) atoms. The maximum atomic E-state index is 11.6. The highest BCUT2D eigenvalue weighted by atomic mass is 35.5. The molecule has 0 unspecified atom stereocenters. The summed E-state index contributed by atoms with van der Waals surface area (Å²) in [4.78, 5) is 15.5. The molecule has 0 radical (unpaired) electrons. The van der Waals surface area contributed by atoms with Gasteiger partial charge in [-0.2, -0.15) is 0 Å². The molecule has 0 aliphatic rings. The molecule has 0 saturated carbocycles. The number of pyridine rings is 1. The molecule has 0 aliphatic heterocycles. The largest absolute Gasteiger partial charge is 0.319 e. The van der Waals surface area contributed by atoms with Crippen LogP contribution in [0.3, 0.4) is 0 Å². The standard InChI is InChI=1S/C11H8ClN5O/c1-16-3-2-7(4-10(16)18)11-15-14-9-6-13-5-8(12)17(9)11/h2-6H,1H3. The van der Waals surface area contributed by atoms with Gasteiger partial charge in [-0.05, 0) is 6.07 Å². The third-order valence-electron chi connectivity index (χ3n) is 2.64. The normalized spacial score (nSPS) is 11.0. The van der Waals surface area contributed by atoms with E-state index < -0.39 is 0 Å². The van der Waals surface area contributed by atoms with E-state index in [1.807, 2.05) is 0 Å². The quantitative estimate of drug-likeness (QED) is 0.659. The second-order valence-corrected chi connectivity index (χ2v) is 4.20. The minimum absolute atomic E-state index is 0.116. The van der Waals surface area contributed by atoms with Gasteiger partial charge in [0, 0.05) is 24.9 Å². The third-order valence-corrected chi connectivity index (χ3v) is 2.90. The summed E-state index contributed by atoms with van der Waals surface area (Å²) in [5.41, 5.74) is 1.09. The van der Waals surface area contributed by atoms with Gasteiger partial charge in [-0.25, -0.2) is 0 Å². The molecule has 3 rings (SSSR count). The topological polar surface area (TPSA) is 65.1 Å². The van der Waals surface area contributed by atoms with E-state index >= 15 is 0 Å². The van der Waals surface area contributed by atoms with Crippen LogP contribution in [0.5, 0.6) is 0 Å². The molecule has 0 atom stereocenters. The molecular weight excluding hydrogens is 254 g/mol. The first-order chi connectivity index (χ1) is 8.66. The van der Waals surface area contributed by atoms with Gasteiger partial charge >= 0.3 is 0 Å². The van der Waals surface area contributed by atoms with Crippen molar-refractivity contribution < 1.29 is 0 Å². The molecule has 3 heterocycles. The number of hydrogen-bond acceptors (Lipinski definition) is 4. The van der Waals surface area contributed by atoms with Crippen molar-refractivity contribution >= 4 is 17.2 Å². The molecule has 0 aromatic carbocycles. The smallest absolute Gasteiger partial charge is 0.250 e. The molecule has 0 saturated heterocycles. The number of halogens is 1. The Labute approximate surface area is 106 Å². The Bertz CT molecular complexity index is 791. The van der Waals surface area contributed by atoms with Crippen LogP contribution in [0.4, 0.5) is 0 Å². The minimum atomic E-state index is -0.116. The van der Waals surface area contributed by atoms with Gasteiger partial charge in [0.25, 0.3) is 5.56 Å². The summed E-state index contributed by atoms with van der Waals surface area (Å²) in [6.45, 7) is 0. The zero-order chi connectivity index (χ0) is 12.7. The molecular formula is C11H8ClN5O. The summed E-state index contributed by atoms with van der Waals surface area (Å²) in [6.07, 6.45) is 4.74. The lowest BCUT2D eigenvalue weighted by molar-refractivity contribution is 0.860. The van der Waals surface area contributed by atoms with Gasteiger partial charge in [-0.15, -0.1) is 10.2 Å². The average Bonchev–Trinajstić information content (AvgIpc) is 2.78. The molecule has 7 heteroatoms. The molecule has 0 N–H and O–H groups in total. The number of fused-ring (bicyclic) bond motifs is 1. The van der Waals surface area contributed by atoms with Crippen LogP contribution in [-0.2, 0) is 7.05 Å². The second kappa shape index (κ2) is 3.92. The number of nitrogens with zero attached hydrogens (tertiary/aromatic N) is 5. The predicted octanol–water partition coefficient (Wildman–Crippen LogP) is 1.14. The summed E-state index contributed by atoms with van der Waals surface area (Å²) < 4.78 is 3.12. The third kappa shape index (κ3) is 1.58. The molecule has 0 amide bonds. The molecule has 0 fully saturated rings. The molecule has 0 aliphatic carbocycles. The van der Waals surface area contributed by atoms with Gasteiger partial charge in [0.1, 0.15) is 5.15 Å². The van der Waals surface area contributed by atoms with Crippen LogP contribution in [0.2, 0.25) is 5.15 Å². The fourth-order valence-corrected chi connectivity index (χ4v) is 1.91. The Morgan fingerprint density at radius 1 is 1.28 bits per heavy atom. The first-order valence-electron chi connectivity index (χ1n) is 5.18. The monoisotopic (exact) mass is 261 g/mol. The second-order valence-electron chi connectivity index (χ2n) is 3.81. The van der Waals surface area contributed by atoms with Crippen molar-refractivity contribution in [1.29, 1.82) is 0 Å². The fourth-order valence-electron chi connectivity index (χ4n) is 1.69. The van der Waals surface area contributed by atoms with Gasteiger partial charge in [0.2, 0.25) is 0 Å². The zero-order valence-electron chi connectivity index (χ0n) is 9.41. The Morgan fingerprint density at radius 2 is 2.11 bits per heavy atom. The van der Waals surface area contributed by atoms with Gasteiger partial charge in [-0.3, -0.25) is 14.2 Å². The summed E-state index contributed by atoms with van der Waals surface area (Å²) in [6, 6.07) is 3.28. The maximum Gasteiger partial charge on any atom is 0.250 e. The molecule has 0 spiro atoms. The van der Waals surface area contributed by atoms with Crippen LogP contribution in [0.25, 0.3) is 17.0 Å². The van der Waals surface area contributed by atoms with Crippen molar-refractivity contribution in [2.24, 2.45) is 7.05 Å². The highest BCUT2D eigenvalue weighted by Crippen LogP contribution is 2.20. The molecule has 6 nitrogen and oxygen atoms in total. The number of hydrogen-bond donors (Lipinski definition) is 0. The van der Waals surface area contributed by atoms with E-state index in [1.54, 1.807) is 29.9 Å². The van der Waals surface area contributed by atoms with Crippen molar-refractivity contribution in [3.8, 4) is 11.4 Å². The van der Waals surface area contributed by atoms with E-state index in [1.165, 1.54) is 16.8 Å². The summed E-state index contributed by atoms with van der Waals surface area (Å²) in [7, 11) is 1.69. The summed E-state index contributed by atoms with van der Waals surface area (Å²) in [5, 5.41) is 8.40. The lowest BCUT2D eigenvalue weighted by Gasteiger charge is -2.02. The van der Waals surface area contributed by atoms with Crippen LogP contribution >= 0.6 is 11.6 Å². The highest BCUT2D eigenvalue weighted by molar-refractivity contribution is 6.29. The zero-order valence-corrected chi connectivity index (χ0v) is 10.2. The predicted molar refractivity (Wildman–Crippen MR) is 66.5 cm³/mol. The highest BCUT2D eigenvalue weighted by Gasteiger charge is 2.11. The fraction of sp³-hybridized carbons (Fsp3) is 0.0909. The van der Waals surface area contributed by atoms with E-state index in [2.05, 4.69) is 15.2 Å². The van der Waals surface area contributed by atoms with Gasteiger partial charge in [0.05, 0.1) is 12.4 Å². The number of aryl methyl sites for hydroxylation is 1. The Kier molecular flexibility index (Phi) is 2.38. The average molecular weight is 262 g/mol. The first-order valence-corrected chi connectivity index (χ1v) is 5.56. The van der Waals surface area contributed by atoms with Crippen molar-refractivity contribution in [2.45, 2.75) is 0 Å². The van der Waals surface area contributed by atoms with Crippen molar-refractivity contribution in [2.75, 3.05) is 0 Å². The molecule has 90 valence electrons. The molecule has 0 bridgehead atoms. The van der Waals surface area contributed by atoms with E-state index in [0.29, 0.717) is 22.2 Å². The molecule has 3 aromatic heterocycles. The van der Waals surface area contributed by atoms with Crippen molar-refractivity contribution in [3.05, 3.63) is 46.2 Å². The minimum Gasteiger partial charge on any atom is -0.319 e. The van der Waals surface area contributed by atoms with E-state index in [9.17, 15) is 4.79 Å². The summed E-state index contributed by atoms with van der Waals surface area (Å²) >= 11 is 6.06. The number of aromatic nitrogens is 5. The lowest BCUT2D eigenvalue weighted by atomic mass is 10.2. The van der Waals surface area contributed by atoms with Crippen LogP contribution < -0.4 is 5.56 Å². The van der Waals surface area contributed by atoms with Crippen molar-refractivity contribution in [3.63, 3.8) is 0 Å². The van der Waals surface area contributed by atoms with Gasteiger partial charge in [0.15, 0.2) is 11.5 Å². The first kappa shape index (κ1) is 10.9. The van der Waals surface area contributed by atoms with Crippen LogP contribution in [-0.4, -0.2) is 24.1 Å². The Morgan fingerprint density at radius 3 is 2.89 bits per heavy atom. The molecule has 3 aromatic rings. The van der Waals surface area contributed by atoms with Gasteiger partial charge < -0.3 is 4.57 Å². The SMILES string of the molecule is Cn1ccc(-c2nnc3cncc(Cl)n23)cc1=O. The van der Waals surface area contributed by atoms with Crippen molar-refractivity contribution in [1.82, 2.24) is 24.1 Å². The van der Waals surface area contributed by atoms with Crippen LogP contribution in [0, 0.1) is 0 Å². The van der Waals surface area contributed by atoms with Crippen LogP contribution in [0.15, 0.2) is 35.5 Å². The Hall–Kier alpha value is -2.21. The summed E-state index contributed by atoms with van der Waals surface area (Å²) in [5.74, 6) is 0.523. The van der Waals surface area contributed by atoms with Crippen LogP contribution in [0.1, 0.15) is 0 Å². The van der Waals surface area contributed by atoms with E-state index in [-0.39, 0.29) is 5.56 Å². The number of rotatable bonds is 1. The maximum absolute atomic E-state index is 11.6. The Balaban J connectivity index is 2.32.